The van der Waals surface area contributed by atoms with Crippen LogP contribution >= 0.6 is 11.6 Å². The van der Waals surface area contributed by atoms with Gasteiger partial charge in [0.2, 0.25) is 0 Å². The van der Waals surface area contributed by atoms with Crippen LogP contribution in [0.4, 0.5) is 0 Å². The van der Waals surface area contributed by atoms with E-state index in [0.717, 1.165) is 13.1 Å². The number of ether oxygens (including phenoxy) is 1. The van der Waals surface area contributed by atoms with E-state index >= 15 is 0 Å². The van der Waals surface area contributed by atoms with E-state index in [1.807, 2.05) is 18.7 Å². The highest BCUT2D eigenvalue weighted by atomic mass is 35.5. The maximum atomic E-state index is 7.16. The van der Waals surface area contributed by atoms with Gasteiger partial charge in [0.1, 0.15) is 0 Å². The first-order chi connectivity index (χ1) is 7.02. The highest BCUT2D eigenvalue weighted by Gasteiger charge is 2.24. The molecule has 1 heterocycles. The summed E-state index contributed by atoms with van der Waals surface area (Å²) in [7, 11) is 1.67. The lowest BCUT2D eigenvalue weighted by Crippen LogP contribution is -2.52. The van der Waals surface area contributed by atoms with E-state index in [-0.39, 0.29) is 17.5 Å². The first kappa shape index (κ1) is 12.3. The summed E-state index contributed by atoms with van der Waals surface area (Å²) >= 11 is 5.48. The number of hydrogen-bond acceptors (Lipinski definition) is 3. The number of morpholine rings is 1. The molecule has 6 heteroatoms. The average Bonchev–Trinajstić information content (AvgIpc) is 2.12. The van der Waals surface area contributed by atoms with Gasteiger partial charge in [-0.2, -0.15) is 0 Å². The number of guanidine groups is 1. The molecule has 0 saturated carbocycles. The first-order valence-electron chi connectivity index (χ1n) is 4.91. The Morgan fingerprint density at radius 1 is 1.47 bits per heavy atom. The third-order valence-electron chi connectivity index (χ3n) is 2.15. The maximum Gasteiger partial charge on any atom is 0.200 e. The van der Waals surface area contributed by atoms with Gasteiger partial charge in [0.15, 0.2) is 11.3 Å². The lowest BCUT2D eigenvalue weighted by Gasteiger charge is -2.36. The van der Waals surface area contributed by atoms with Crippen molar-refractivity contribution in [2.45, 2.75) is 26.1 Å². The molecule has 2 unspecified atom stereocenters. The molecule has 86 valence electrons. The smallest absolute Gasteiger partial charge is 0.200 e. The van der Waals surface area contributed by atoms with Crippen LogP contribution in [0.5, 0.6) is 0 Å². The monoisotopic (exact) mass is 232 g/mol. The van der Waals surface area contributed by atoms with E-state index in [1.165, 1.54) is 0 Å². The van der Waals surface area contributed by atoms with Gasteiger partial charge in [0.25, 0.3) is 0 Å². The van der Waals surface area contributed by atoms with Gasteiger partial charge in [-0.05, 0) is 25.4 Å². The third kappa shape index (κ3) is 3.68. The largest absolute Gasteiger partial charge is 0.372 e. The Balaban J connectivity index is 2.64. The average molecular weight is 233 g/mol. The standard InChI is InChI=1S/C9H17ClN4O/c1-6-4-14(5-7(2)15-6)9(12-3)13-8(10)11/h6-7H,4-5H2,1-3H3,(H2,11,12,13). The number of nitrogens with zero attached hydrogens (tertiary/aromatic N) is 2. The Morgan fingerprint density at radius 2 is 2.00 bits per heavy atom. The summed E-state index contributed by atoms with van der Waals surface area (Å²) in [4.78, 5) is 6.11. The highest BCUT2D eigenvalue weighted by Crippen LogP contribution is 2.10. The van der Waals surface area contributed by atoms with E-state index in [2.05, 4.69) is 10.3 Å². The molecule has 15 heavy (non-hydrogen) atoms. The minimum atomic E-state index is -0.123. The fourth-order valence-corrected chi connectivity index (χ4v) is 1.81. The number of amidine groups is 1. The van der Waals surface area contributed by atoms with Crippen LogP contribution in [-0.4, -0.2) is 48.5 Å². The molecule has 1 saturated heterocycles. The number of halogens is 1. The van der Waals surface area contributed by atoms with E-state index in [4.69, 9.17) is 21.7 Å². The Hall–Kier alpha value is -0.810. The van der Waals surface area contributed by atoms with Crippen LogP contribution in [0.15, 0.2) is 4.99 Å². The SMILES string of the molecule is CN=C(NC(=N)Cl)N1CC(C)OC(C)C1. The topological polar surface area (TPSA) is 60.7 Å². The molecule has 2 atom stereocenters. The minimum absolute atomic E-state index is 0.123. The summed E-state index contributed by atoms with van der Waals surface area (Å²) < 4.78 is 5.60. The van der Waals surface area contributed by atoms with Crippen LogP contribution in [0.1, 0.15) is 13.8 Å². The normalized spacial score (nSPS) is 27.7. The number of nitrogens with one attached hydrogen (secondary N) is 2. The fourth-order valence-electron chi connectivity index (χ4n) is 1.73. The van der Waals surface area contributed by atoms with Crippen molar-refractivity contribution in [1.82, 2.24) is 10.2 Å². The molecule has 0 bridgehead atoms. The molecule has 1 aliphatic rings. The van der Waals surface area contributed by atoms with Gasteiger partial charge in [-0.25, -0.2) is 0 Å². The van der Waals surface area contributed by atoms with Crippen LogP contribution in [0.2, 0.25) is 0 Å². The minimum Gasteiger partial charge on any atom is -0.372 e. The summed E-state index contributed by atoms with van der Waals surface area (Å²) in [6, 6.07) is 0. The molecule has 2 N–H and O–H groups in total. The Morgan fingerprint density at radius 3 is 2.40 bits per heavy atom. The van der Waals surface area contributed by atoms with Crippen LogP contribution in [0.25, 0.3) is 0 Å². The second-order valence-electron chi connectivity index (χ2n) is 3.65. The van der Waals surface area contributed by atoms with Crippen molar-refractivity contribution in [1.29, 1.82) is 5.41 Å². The maximum absolute atomic E-state index is 7.16. The van der Waals surface area contributed by atoms with Crippen molar-refractivity contribution >= 4 is 22.9 Å². The van der Waals surface area contributed by atoms with Gasteiger partial charge in [0, 0.05) is 20.1 Å². The summed E-state index contributed by atoms with van der Waals surface area (Å²) in [5.74, 6) is 0.622. The van der Waals surface area contributed by atoms with Crippen molar-refractivity contribution in [3.63, 3.8) is 0 Å². The van der Waals surface area contributed by atoms with Crippen molar-refractivity contribution in [3.05, 3.63) is 0 Å². The van der Waals surface area contributed by atoms with Crippen LogP contribution in [-0.2, 0) is 4.74 Å². The summed E-state index contributed by atoms with van der Waals surface area (Å²) in [6.45, 7) is 5.55. The molecule has 0 aromatic carbocycles. The Kier molecular flexibility index (Phi) is 4.35. The van der Waals surface area contributed by atoms with E-state index in [9.17, 15) is 0 Å². The molecule has 0 spiro atoms. The molecule has 1 fully saturated rings. The zero-order valence-electron chi connectivity index (χ0n) is 9.25. The molecule has 0 amide bonds. The Labute approximate surface area is 95.0 Å². The number of aliphatic imine (C=N–C) groups is 1. The van der Waals surface area contributed by atoms with Crippen molar-refractivity contribution < 1.29 is 4.74 Å². The third-order valence-corrected chi connectivity index (χ3v) is 2.25. The molecular weight excluding hydrogens is 216 g/mol. The van der Waals surface area contributed by atoms with Gasteiger partial charge in [-0.1, -0.05) is 0 Å². The molecule has 0 aromatic rings. The van der Waals surface area contributed by atoms with E-state index in [0.29, 0.717) is 5.96 Å². The second kappa shape index (κ2) is 5.32. The second-order valence-corrected chi connectivity index (χ2v) is 4.03. The van der Waals surface area contributed by atoms with E-state index in [1.54, 1.807) is 7.05 Å². The van der Waals surface area contributed by atoms with Gasteiger partial charge in [-0.3, -0.25) is 10.4 Å². The summed E-state index contributed by atoms with van der Waals surface area (Å²) in [5.41, 5.74) is 0. The molecule has 0 aliphatic carbocycles. The zero-order valence-corrected chi connectivity index (χ0v) is 10.0. The fraction of sp³-hybridized carbons (Fsp3) is 0.778. The quantitative estimate of drug-likeness (QED) is 0.370. The van der Waals surface area contributed by atoms with Crippen LogP contribution in [0, 0.1) is 5.41 Å². The molecular formula is C9H17ClN4O. The predicted octanol–water partition coefficient (Wildman–Crippen LogP) is 0.845. The molecule has 5 nitrogen and oxygen atoms in total. The number of rotatable bonds is 0. The lowest BCUT2D eigenvalue weighted by molar-refractivity contribution is -0.0486. The zero-order chi connectivity index (χ0) is 11.4. The summed E-state index contributed by atoms with van der Waals surface area (Å²) in [5, 5.41) is 9.75. The molecule has 1 rings (SSSR count). The van der Waals surface area contributed by atoms with Gasteiger partial charge >= 0.3 is 0 Å². The number of hydrogen-bond donors (Lipinski definition) is 2. The van der Waals surface area contributed by atoms with Gasteiger partial charge < -0.3 is 15.0 Å². The molecule has 0 aromatic heterocycles. The van der Waals surface area contributed by atoms with Crippen molar-refractivity contribution in [2.75, 3.05) is 20.1 Å². The summed E-state index contributed by atoms with van der Waals surface area (Å²) in [6.07, 6.45) is 0.327. The molecule has 0 radical (unpaired) electrons. The lowest BCUT2D eigenvalue weighted by atomic mass is 10.2. The van der Waals surface area contributed by atoms with Crippen molar-refractivity contribution in [2.24, 2.45) is 4.99 Å². The van der Waals surface area contributed by atoms with Crippen LogP contribution < -0.4 is 5.32 Å². The first-order valence-corrected chi connectivity index (χ1v) is 5.29. The van der Waals surface area contributed by atoms with Crippen molar-refractivity contribution in [3.8, 4) is 0 Å². The van der Waals surface area contributed by atoms with Crippen LogP contribution in [0.3, 0.4) is 0 Å². The Bertz CT molecular complexity index is 259. The van der Waals surface area contributed by atoms with E-state index < -0.39 is 0 Å². The highest BCUT2D eigenvalue weighted by molar-refractivity contribution is 6.65. The molecule has 1 aliphatic heterocycles. The van der Waals surface area contributed by atoms with Gasteiger partial charge in [0.05, 0.1) is 12.2 Å². The predicted molar refractivity (Wildman–Crippen MR) is 61.7 cm³/mol. The van der Waals surface area contributed by atoms with Gasteiger partial charge in [-0.15, -0.1) is 0 Å².